The smallest absolute Gasteiger partial charge is 0.138 e. The Labute approximate surface area is 103 Å². The second kappa shape index (κ2) is 5.05. The fourth-order valence-corrected chi connectivity index (χ4v) is 1.57. The van der Waals surface area contributed by atoms with Gasteiger partial charge in [0, 0.05) is 6.20 Å². The monoisotopic (exact) mass is 255 g/mol. The molecule has 0 atom stereocenters. The average Bonchev–Trinajstić information content (AvgIpc) is 2.68. The molecule has 0 unspecified atom stereocenters. The third-order valence-electron chi connectivity index (χ3n) is 2.13. The zero-order chi connectivity index (χ0) is 12.3. The lowest BCUT2D eigenvalue weighted by Gasteiger charge is -2.07. The molecule has 17 heavy (non-hydrogen) atoms. The van der Waals surface area contributed by atoms with E-state index in [4.69, 9.17) is 22.1 Å². The Morgan fingerprint density at radius 3 is 2.94 bits per heavy atom. The van der Waals surface area contributed by atoms with Crippen molar-refractivity contribution in [3.8, 4) is 5.75 Å². The molecule has 1 aromatic carbocycles. The summed E-state index contributed by atoms with van der Waals surface area (Å²) in [7, 11) is 0. The number of hydrogen-bond donors (Lipinski definition) is 1. The van der Waals surface area contributed by atoms with Crippen LogP contribution in [0.3, 0.4) is 0 Å². The normalized spacial score (nSPS) is 10.5. The van der Waals surface area contributed by atoms with Gasteiger partial charge in [0.2, 0.25) is 0 Å². The highest BCUT2D eigenvalue weighted by atomic mass is 35.5. The Kier molecular flexibility index (Phi) is 3.49. The van der Waals surface area contributed by atoms with E-state index >= 15 is 0 Å². The van der Waals surface area contributed by atoms with Crippen LogP contribution in [-0.4, -0.2) is 16.4 Å². The Hall–Kier alpha value is -1.75. The van der Waals surface area contributed by atoms with E-state index in [-0.39, 0.29) is 10.8 Å². The number of halogens is 2. The lowest BCUT2D eigenvalue weighted by molar-refractivity contribution is 0.291. The number of hydrogen-bond acceptors (Lipinski definition) is 3. The molecule has 1 aromatic heterocycles. The van der Waals surface area contributed by atoms with Gasteiger partial charge in [-0.1, -0.05) is 11.6 Å². The van der Waals surface area contributed by atoms with Gasteiger partial charge in [-0.3, -0.25) is 4.68 Å². The van der Waals surface area contributed by atoms with Crippen molar-refractivity contribution < 1.29 is 9.13 Å². The molecule has 0 aliphatic carbocycles. The molecule has 0 radical (unpaired) electrons. The van der Waals surface area contributed by atoms with E-state index in [0.29, 0.717) is 24.6 Å². The highest BCUT2D eigenvalue weighted by molar-refractivity contribution is 6.32. The number of rotatable bonds is 4. The van der Waals surface area contributed by atoms with Crippen molar-refractivity contribution in [3.63, 3.8) is 0 Å². The second-order valence-electron chi connectivity index (χ2n) is 3.46. The number of anilines is 1. The van der Waals surface area contributed by atoms with Crippen LogP contribution >= 0.6 is 11.6 Å². The molecule has 0 amide bonds. The van der Waals surface area contributed by atoms with Crippen molar-refractivity contribution in [2.24, 2.45) is 0 Å². The number of nitrogens with two attached hydrogens (primary N) is 1. The van der Waals surface area contributed by atoms with Gasteiger partial charge in [0.05, 0.1) is 23.5 Å². The van der Waals surface area contributed by atoms with Gasteiger partial charge < -0.3 is 10.5 Å². The summed E-state index contributed by atoms with van der Waals surface area (Å²) in [4.78, 5) is 0. The summed E-state index contributed by atoms with van der Waals surface area (Å²) in [6, 6.07) is 4.00. The minimum atomic E-state index is -0.387. The van der Waals surface area contributed by atoms with Crippen LogP contribution in [0.1, 0.15) is 0 Å². The molecule has 2 aromatic rings. The largest absolute Gasteiger partial charge is 0.490 e. The number of benzene rings is 1. The summed E-state index contributed by atoms with van der Waals surface area (Å²) in [5, 5.41) is 4.26. The first-order valence-electron chi connectivity index (χ1n) is 5.01. The van der Waals surface area contributed by atoms with Crippen LogP contribution in [0.15, 0.2) is 30.6 Å². The first-order chi connectivity index (χ1) is 8.15. The van der Waals surface area contributed by atoms with Crippen LogP contribution < -0.4 is 10.5 Å². The average molecular weight is 256 g/mol. The maximum absolute atomic E-state index is 12.8. The molecule has 0 saturated heterocycles. The summed E-state index contributed by atoms with van der Waals surface area (Å²) in [6.07, 6.45) is 3.26. The molecule has 0 aliphatic heterocycles. The van der Waals surface area contributed by atoms with Gasteiger partial charge in [-0.2, -0.15) is 5.10 Å². The third-order valence-corrected chi connectivity index (χ3v) is 2.42. The van der Waals surface area contributed by atoms with Gasteiger partial charge in [0.1, 0.15) is 18.2 Å². The maximum Gasteiger partial charge on any atom is 0.138 e. The Balaban J connectivity index is 1.90. The van der Waals surface area contributed by atoms with E-state index in [1.807, 2.05) is 0 Å². The Morgan fingerprint density at radius 1 is 1.47 bits per heavy atom. The van der Waals surface area contributed by atoms with Gasteiger partial charge in [0.15, 0.2) is 0 Å². The fourth-order valence-electron chi connectivity index (χ4n) is 1.34. The van der Waals surface area contributed by atoms with E-state index in [1.165, 1.54) is 18.2 Å². The zero-order valence-electron chi connectivity index (χ0n) is 8.94. The van der Waals surface area contributed by atoms with Crippen molar-refractivity contribution in [1.29, 1.82) is 0 Å². The number of aromatic nitrogens is 2. The minimum absolute atomic E-state index is 0.255. The molecule has 4 nitrogen and oxygen atoms in total. The van der Waals surface area contributed by atoms with Crippen molar-refractivity contribution in [2.45, 2.75) is 6.54 Å². The predicted molar refractivity (Wildman–Crippen MR) is 63.5 cm³/mol. The van der Waals surface area contributed by atoms with E-state index in [0.717, 1.165) is 0 Å². The lowest BCUT2D eigenvalue weighted by atomic mass is 10.3. The number of ether oxygens (including phenoxy) is 1. The van der Waals surface area contributed by atoms with Gasteiger partial charge in [-0.25, -0.2) is 4.39 Å². The summed E-state index contributed by atoms with van der Waals surface area (Å²) in [5.74, 6) is 0.0652. The van der Waals surface area contributed by atoms with Gasteiger partial charge in [-0.15, -0.1) is 0 Å². The molecule has 0 aliphatic rings. The van der Waals surface area contributed by atoms with Crippen LogP contribution in [0.2, 0.25) is 5.02 Å². The fraction of sp³-hybridized carbons (Fsp3) is 0.182. The molecule has 2 rings (SSSR count). The summed E-state index contributed by atoms with van der Waals surface area (Å²) in [5.41, 5.74) is 6.12. The van der Waals surface area contributed by atoms with Gasteiger partial charge >= 0.3 is 0 Å². The predicted octanol–water partition coefficient (Wildman–Crippen LogP) is 2.34. The van der Waals surface area contributed by atoms with Crippen molar-refractivity contribution in [1.82, 2.24) is 9.78 Å². The quantitative estimate of drug-likeness (QED) is 0.912. The van der Waals surface area contributed by atoms with E-state index in [2.05, 4.69) is 5.10 Å². The van der Waals surface area contributed by atoms with Gasteiger partial charge in [0.25, 0.3) is 0 Å². The first-order valence-corrected chi connectivity index (χ1v) is 5.39. The molecule has 6 heteroatoms. The molecule has 0 saturated carbocycles. The molecule has 0 spiro atoms. The van der Waals surface area contributed by atoms with Crippen LogP contribution in [-0.2, 0) is 6.54 Å². The molecular formula is C11H11ClFN3O. The molecular weight excluding hydrogens is 245 g/mol. The van der Waals surface area contributed by atoms with Crippen LogP contribution in [0.5, 0.6) is 5.75 Å². The van der Waals surface area contributed by atoms with Crippen LogP contribution in [0.25, 0.3) is 0 Å². The van der Waals surface area contributed by atoms with E-state index in [1.54, 1.807) is 17.1 Å². The highest BCUT2D eigenvalue weighted by Crippen LogP contribution is 2.24. The zero-order valence-corrected chi connectivity index (χ0v) is 9.69. The van der Waals surface area contributed by atoms with Crippen LogP contribution in [0.4, 0.5) is 10.1 Å². The second-order valence-corrected chi connectivity index (χ2v) is 3.87. The maximum atomic E-state index is 12.8. The van der Waals surface area contributed by atoms with Crippen LogP contribution in [0, 0.1) is 5.82 Å². The van der Waals surface area contributed by atoms with E-state index in [9.17, 15) is 4.39 Å². The van der Waals surface area contributed by atoms with E-state index < -0.39 is 0 Å². The minimum Gasteiger partial charge on any atom is -0.490 e. The number of nitrogens with zero attached hydrogens (tertiary/aromatic N) is 2. The number of nitrogen functional groups attached to an aromatic ring is 1. The SMILES string of the molecule is Nc1cnn(CCOc2ccc(F)cc2Cl)c1. The lowest BCUT2D eigenvalue weighted by Crippen LogP contribution is -2.08. The molecule has 0 fully saturated rings. The molecule has 90 valence electrons. The Morgan fingerprint density at radius 2 is 2.29 bits per heavy atom. The van der Waals surface area contributed by atoms with Crippen molar-refractivity contribution in [2.75, 3.05) is 12.3 Å². The Bertz CT molecular complexity index is 515. The van der Waals surface area contributed by atoms with Gasteiger partial charge in [-0.05, 0) is 18.2 Å². The summed E-state index contributed by atoms with van der Waals surface area (Å²) >= 11 is 5.81. The summed E-state index contributed by atoms with van der Waals surface area (Å²) in [6.45, 7) is 0.928. The third kappa shape index (κ3) is 3.10. The molecule has 1 heterocycles. The summed E-state index contributed by atoms with van der Waals surface area (Å²) < 4.78 is 19.8. The highest BCUT2D eigenvalue weighted by Gasteiger charge is 2.03. The topological polar surface area (TPSA) is 53.1 Å². The standard InChI is InChI=1S/C11H11ClFN3O/c12-10-5-8(13)1-2-11(10)17-4-3-16-7-9(14)6-15-16/h1-2,5-7H,3-4,14H2. The molecule has 2 N–H and O–H groups in total. The van der Waals surface area contributed by atoms with Crippen molar-refractivity contribution >= 4 is 17.3 Å². The molecule has 0 bridgehead atoms. The first kappa shape index (κ1) is 11.7. The van der Waals surface area contributed by atoms with Crippen molar-refractivity contribution in [3.05, 3.63) is 41.4 Å².